The number of carbonyl (C=O) groups excluding carboxylic acids is 1. The summed E-state index contributed by atoms with van der Waals surface area (Å²) < 4.78 is 10.9. The zero-order chi connectivity index (χ0) is 16.5. The van der Waals surface area contributed by atoms with E-state index < -0.39 is 10.8 Å². The summed E-state index contributed by atoms with van der Waals surface area (Å²) in [6.07, 6.45) is 21.9. The average molecular weight is 331 g/mol. The van der Waals surface area contributed by atoms with E-state index in [4.69, 9.17) is 0 Å². The van der Waals surface area contributed by atoms with Crippen molar-refractivity contribution < 1.29 is 9.00 Å². The van der Waals surface area contributed by atoms with Crippen molar-refractivity contribution in [2.45, 2.75) is 110 Å². The van der Waals surface area contributed by atoms with Gasteiger partial charge in [0.15, 0.2) is 0 Å². The highest BCUT2D eigenvalue weighted by Crippen LogP contribution is 2.13. The molecule has 0 aliphatic carbocycles. The zero-order valence-electron chi connectivity index (χ0n) is 15.0. The zero-order valence-corrected chi connectivity index (χ0v) is 15.9. The van der Waals surface area contributed by atoms with E-state index >= 15 is 0 Å². The minimum Gasteiger partial charge on any atom is -0.285 e. The van der Waals surface area contributed by atoms with Gasteiger partial charge in [-0.05, 0) is 6.42 Å². The summed E-state index contributed by atoms with van der Waals surface area (Å²) in [6, 6.07) is 0. The monoisotopic (exact) mass is 330 g/mol. The molecule has 0 bridgehead atoms. The van der Waals surface area contributed by atoms with Crippen molar-refractivity contribution in [1.82, 2.24) is 0 Å². The Morgan fingerprint density at radius 3 is 1.27 bits per heavy atom. The van der Waals surface area contributed by atoms with E-state index in [-0.39, 0.29) is 5.12 Å². The molecule has 0 rings (SSSR count). The first-order valence-electron chi connectivity index (χ1n) is 9.54. The fraction of sp³-hybridized carbons (Fsp3) is 0.947. The minimum absolute atomic E-state index is 0.0882. The van der Waals surface area contributed by atoms with Crippen LogP contribution in [0.5, 0.6) is 0 Å². The van der Waals surface area contributed by atoms with Gasteiger partial charge in [-0.3, -0.25) is 9.00 Å². The third kappa shape index (κ3) is 16.2. The molecule has 0 heterocycles. The number of carbonyl (C=O) groups is 1. The molecule has 2 nitrogen and oxygen atoms in total. The third-order valence-electron chi connectivity index (χ3n) is 4.31. The largest absolute Gasteiger partial charge is 0.285 e. The van der Waals surface area contributed by atoms with Gasteiger partial charge in [0.2, 0.25) is 5.12 Å². The Kier molecular flexibility index (Phi) is 17.0. The Morgan fingerprint density at radius 1 is 0.636 bits per heavy atom. The van der Waals surface area contributed by atoms with Crippen LogP contribution in [-0.4, -0.2) is 15.6 Å². The molecule has 0 aromatic carbocycles. The molecule has 22 heavy (non-hydrogen) atoms. The smallest absolute Gasteiger partial charge is 0.218 e. The van der Waals surface area contributed by atoms with E-state index in [0.717, 1.165) is 12.8 Å². The molecule has 0 saturated heterocycles. The lowest BCUT2D eigenvalue weighted by Gasteiger charge is -2.03. The van der Waals surface area contributed by atoms with E-state index in [1.165, 1.54) is 89.7 Å². The van der Waals surface area contributed by atoms with Crippen molar-refractivity contribution in [3.05, 3.63) is 0 Å². The normalized spacial score (nSPS) is 12.5. The number of unbranched alkanes of at least 4 members (excludes halogenated alkanes) is 14. The molecule has 0 aliphatic heterocycles. The van der Waals surface area contributed by atoms with Crippen LogP contribution < -0.4 is 0 Å². The minimum atomic E-state index is -1.27. The highest BCUT2D eigenvalue weighted by molar-refractivity contribution is 7.99. The van der Waals surface area contributed by atoms with Crippen molar-refractivity contribution in [1.29, 1.82) is 0 Å². The second kappa shape index (κ2) is 17.2. The second-order valence-electron chi connectivity index (χ2n) is 6.53. The van der Waals surface area contributed by atoms with Crippen LogP contribution >= 0.6 is 0 Å². The second-order valence-corrected chi connectivity index (χ2v) is 7.89. The maximum Gasteiger partial charge on any atom is 0.218 e. The molecule has 0 aromatic heterocycles. The predicted molar refractivity (Wildman–Crippen MR) is 98.6 cm³/mol. The molecule has 0 radical (unpaired) electrons. The van der Waals surface area contributed by atoms with Crippen LogP contribution in [0.1, 0.15) is 110 Å². The van der Waals surface area contributed by atoms with Gasteiger partial charge in [-0.1, -0.05) is 96.8 Å². The van der Waals surface area contributed by atoms with Gasteiger partial charge in [0, 0.05) is 12.7 Å². The SMILES string of the molecule is CCCCCCCCCCCCCCCCCC(=O)S(C)=O. The van der Waals surface area contributed by atoms with Crippen LogP contribution in [0, 0.1) is 0 Å². The highest BCUT2D eigenvalue weighted by atomic mass is 32.2. The molecule has 0 aromatic rings. The molecule has 0 N–H and O–H groups in total. The van der Waals surface area contributed by atoms with Crippen LogP contribution in [0.2, 0.25) is 0 Å². The quantitative estimate of drug-likeness (QED) is 0.318. The van der Waals surface area contributed by atoms with Crippen molar-refractivity contribution in [3.8, 4) is 0 Å². The average Bonchev–Trinajstić information content (AvgIpc) is 2.50. The van der Waals surface area contributed by atoms with E-state index in [1.807, 2.05) is 0 Å². The first-order valence-corrected chi connectivity index (χ1v) is 11.1. The van der Waals surface area contributed by atoms with Gasteiger partial charge >= 0.3 is 0 Å². The molecule has 132 valence electrons. The Labute approximate surface area is 141 Å². The lowest BCUT2D eigenvalue weighted by molar-refractivity contribution is -0.111. The fourth-order valence-electron chi connectivity index (χ4n) is 2.78. The van der Waals surface area contributed by atoms with E-state index in [0.29, 0.717) is 6.42 Å². The molecule has 3 heteroatoms. The Hall–Kier alpha value is -0.180. The summed E-state index contributed by atoms with van der Waals surface area (Å²) in [5, 5.41) is -0.0882. The molecule has 0 spiro atoms. The lowest BCUT2D eigenvalue weighted by Crippen LogP contribution is -2.04. The first-order chi connectivity index (χ1) is 10.7. The van der Waals surface area contributed by atoms with Crippen molar-refractivity contribution >= 4 is 15.9 Å². The van der Waals surface area contributed by atoms with Crippen molar-refractivity contribution in [2.75, 3.05) is 6.26 Å². The van der Waals surface area contributed by atoms with Gasteiger partial charge < -0.3 is 0 Å². The lowest BCUT2D eigenvalue weighted by atomic mass is 10.0. The summed E-state index contributed by atoms with van der Waals surface area (Å²) in [5.74, 6) is 0. The van der Waals surface area contributed by atoms with E-state index in [1.54, 1.807) is 0 Å². The summed E-state index contributed by atoms with van der Waals surface area (Å²) in [4.78, 5) is 11.2. The number of hydrogen-bond donors (Lipinski definition) is 0. The van der Waals surface area contributed by atoms with E-state index in [2.05, 4.69) is 6.92 Å². The van der Waals surface area contributed by atoms with Gasteiger partial charge in [0.25, 0.3) is 0 Å². The molecule has 0 aliphatic rings. The van der Waals surface area contributed by atoms with Crippen LogP contribution in [0.15, 0.2) is 0 Å². The van der Waals surface area contributed by atoms with Crippen LogP contribution in [0.25, 0.3) is 0 Å². The van der Waals surface area contributed by atoms with Crippen LogP contribution in [0.3, 0.4) is 0 Å². The first kappa shape index (κ1) is 21.8. The Balaban J connectivity index is 3.05. The predicted octanol–water partition coefficient (Wildman–Crippen LogP) is 6.15. The van der Waals surface area contributed by atoms with Gasteiger partial charge in [-0.25, -0.2) is 0 Å². The van der Waals surface area contributed by atoms with Crippen LogP contribution in [0.4, 0.5) is 0 Å². The van der Waals surface area contributed by atoms with Gasteiger partial charge in [0.05, 0.1) is 10.8 Å². The molecular weight excluding hydrogens is 292 g/mol. The van der Waals surface area contributed by atoms with Gasteiger partial charge in [-0.15, -0.1) is 0 Å². The number of rotatable bonds is 16. The summed E-state index contributed by atoms with van der Waals surface area (Å²) in [7, 11) is -1.27. The maximum absolute atomic E-state index is 11.2. The maximum atomic E-state index is 11.2. The topological polar surface area (TPSA) is 34.1 Å². The van der Waals surface area contributed by atoms with Gasteiger partial charge in [0.1, 0.15) is 0 Å². The standard InChI is InChI=1S/C19H38O2S/c1-3-4-5-6-7-8-9-10-11-12-13-14-15-16-17-18-19(20)22(2)21/h3-18H2,1-2H3. The molecule has 1 atom stereocenters. The Morgan fingerprint density at radius 2 is 0.955 bits per heavy atom. The van der Waals surface area contributed by atoms with Crippen LogP contribution in [-0.2, 0) is 15.6 Å². The van der Waals surface area contributed by atoms with Crippen molar-refractivity contribution in [3.63, 3.8) is 0 Å². The summed E-state index contributed by atoms with van der Waals surface area (Å²) >= 11 is 0. The summed E-state index contributed by atoms with van der Waals surface area (Å²) in [6.45, 7) is 2.27. The number of hydrogen-bond acceptors (Lipinski definition) is 2. The molecule has 0 amide bonds. The van der Waals surface area contributed by atoms with E-state index in [9.17, 15) is 9.00 Å². The Bertz CT molecular complexity index is 277. The summed E-state index contributed by atoms with van der Waals surface area (Å²) in [5.41, 5.74) is 0. The molecule has 0 fully saturated rings. The van der Waals surface area contributed by atoms with Crippen molar-refractivity contribution in [2.24, 2.45) is 0 Å². The third-order valence-corrected chi connectivity index (χ3v) is 5.15. The highest BCUT2D eigenvalue weighted by Gasteiger charge is 2.04. The van der Waals surface area contributed by atoms with Gasteiger partial charge in [-0.2, -0.15) is 0 Å². The molecule has 0 saturated carbocycles. The molecular formula is C19H38O2S. The fourth-order valence-corrected chi connectivity index (χ4v) is 3.22. The molecule has 1 unspecified atom stereocenters.